The largest absolute Gasteiger partial charge is 0.354 e. The van der Waals surface area contributed by atoms with Crippen LogP contribution in [0.4, 0.5) is 5.13 Å². The Hall–Kier alpha value is -0.600. The number of carbonyl (C=O) groups excluding carboxylic acids is 1. The molecule has 2 heterocycles. The molecule has 19 heavy (non-hydrogen) atoms. The fourth-order valence-electron chi connectivity index (χ4n) is 1.30. The summed E-state index contributed by atoms with van der Waals surface area (Å²) in [5.41, 5.74) is 5.34. The van der Waals surface area contributed by atoms with Gasteiger partial charge in [0, 0.05) is 27.2 Å². The molecule has 0 saturated carbocycles. The van der Waals surface area contributed by atoms with Gasteiger partial charge in [0.25, 0.3) is 5.91 Å². The van der Waals surface area contributed by atoms with E-state index in [4.69, 9.17) is 5.73 Å². The number of halogens is 2. The molecule has 2 aromatic rings. The van der Waals surface area contributed by atoms with Crippen molar-refractivity contribution in [2.24, 2.45) is 5.73 Å². The number of hydrogen-bond acceptors (Lipinski definition) is 6. The summed E-state index contributed by atoms with van der Waals surface area (Å²) < 4.78 is 1.05. The molecular formula is C10H16Cl2N4OS2. The summed E-state index contributed by atoms with van der Waals surface area (Å²) in [4.78, 5) is 19.7. The molecule has 0 aliphatic heterocycles. The highest BCUT2D eigenvalue weighted by atomic mass is 35.5. The fourth-order valence-corrected chi connectivity index (χ4v) is 3.35. The zero-order chi connectivity index (χ0) is 12.4. The van der Waals surface area contributed by atoms with Gasteiger partial charge in [-0.1, -0.05) is 11.3 Å². The number of rotatable bonds is 4. The van der Waals surface area contributed by atoms with Crippen LogP contribution in [-0.4, -0.2) is 38.1 Å². The molecule has 5 nitrogen and oxygen atoms in total. The number of thiophene rings is 1. The molecule has 0 aromatic carbocycles. The van der Waals surface area contributed by atoms with Gasteiger partial charge in [0.1, 0.15) is 4.83 Å². The smallest absolute Gasteiger partial charge is 0.261 e. The summed E-state index contributed by atoms with van der Waals surface area (Å²) in [6.07, 6.45) is 0. The lowest BCUT2D eigenvalue weighted by Gasteiger charge is -2.05. The molecule has 0 bridgehead atoms. The highest BCUT2D eigenvalue weighted by molar-refractivity contribution is 7.29. The summed E-state index contributed by atoms with van der Waals surface area (Å²) in [6, 6.07) is 1.89. The van der Waals surface area contributed by atoms with Crippen LogP contribution in [0.5, 0.6) is 0 Å². The third kappa shape index (κ3) is 4.19. The molecule has 0 atom stereocenters. The van der Waals surface area contributed by atoms with Crippen LogP contribution in [0.1, 0.15) is 9.67 Å². The maximum Gasteiger partial charge on any atom is 0.261 e. The number of thiazole rings is 1. The molecule has 1 amide bonds. The molecule has 3 N–H and O–H groups in total. The Bertz CT molecular complexity index is 509. The summed E-state index contributed by atoms with van der Waals surface area (Å²) in [7, 11) is 3.91. The molecule has 0 saturated heterocycles. The van der Waals surface area contributed by atoms with E-state index in [1.807, 2.05) is 25.1 Å². The van der Waals surface area contributed by atoms with E-state index < -0.39 is 0 Å². The maximum atomic E-state index is 11.7. The highest BCUT2D eigenvalue weighted by Crippen LogP contribution is 2.33. The van der Waals surface area contributed by atoms with E-state index in [0.29, 0.717) is 18.0 Å². The molecule has 0 radical (unpaired) electrons. The van der Waals surface area contributed by atoms with Gasteiger partial charge in [-0.25, -0.2) is 4.98 Å². The number of nitrogens with two attached hydrogens (primary N) is 1. The lowest BCUT2D eigenvalue weighted by atomic mass is 10.4. The summed E-state index contributed by atoms with van der Waals surface area (Å²) in [6.45, 7) is 0.954. The van der Waals surface area contributed by atoms with Crippen molar-refractivity contribution in [1.82, 2.24) is 10.3 Å². The average molecular weight is 343 g/mol. The number of nitrogens with one attached hydrogen (secondary N) is 1. The molecule has 9 heteroatoms. The van der Waals surface area contributed by atoms with Crippen LogP contribution in [0.25, 0.3) is 9.53 Å². The Morgan fingerprint density at radius 2 is 2.11 bits per heavy atom. The van der Waals surface area contributed by atoms with Gasteiger partial charge in [0.15, 0.2) is 5.13 Å². The Kier molecular flexibility index (Phi) is 7.61. The zero-order valence-electron chi connectivity index (χ0n) is 10.5. The Balaban J connectivity index is 0.00000162. The van der Waals surface area contributed by atoms with Crippen molar-refractivity contribution >= 4 is 68.1 Å². The number of hydrogen-bond donors (Lipinski definition) is 2. The second-order valence-electron chi connectivity index (χ2n) is 3.72. The van der Waals surface area contributed by atoms with E-state index in [9.17, 15) is 4.79 Å². The normalized spacial score (nSPS) is 9.63. The topological polar surface area (TPSA) is 71.2 Å². The Labute approximate surface area is 132 Å². The first-order valence-electron chi connectivity index (χ1n) is 5.18. The van der Waals surface area contributed by atoms with Crippen molar-refractivity contribution in [2.75, 3.05) is 32.1 Å². The van der Waals surface area contributed by atoms with Crippen LogP contribution in [0.15, 0.2) is 6.07 Å². The van der Waals surface area contributed by atoms with Gasteiger partial charge in [0.2, 0.25) is 0 Å². The predicted molar refractivity (Wildman–Crippen MR) is 87.7 cm³/mol. The number of carbonyl (C=O) groups is 1. The van der Waals surface area contributed by atoms with E-state index in [-0.39, 0.29) is 30.7 Å². The first-order valence-corrected chi connectivity index (χ1v) is 6.81. The fraction of sp³-hybridized carbons (Fsp3) is 0.400. The highest BCUT2D eigenvalue weighted by Gasteiger charge is 2.13. The first kappa shape index (κ1) is 18.4. The van der Waals surface area contributed by atoms with Gasteiger partial charge in [-0.2, -0.15) is 0 Å². The van der Waals surface area contributed by atoms with Crippen LogP contribution >= 0.6 is 47.5 Å². The minimum atomic E-state index is -0.0722. The van der Waals surface area contributed by atoms with Crippen LogP contribution in [0.3, 0.4) is 0 Å². The number of anilines is 1. The first-order chi connectivity index (χ1) is 8.11. The Morgan fingerprint density at radius 1 is 1.42 bits per heavy atom. The van der Waals surface area contributed by atoms with Gasteiger partial charge >= 0.3 is 0 Å². The van der Waals surface area contributed by atoms with E-state index in [1.165, 1.54) is 11.3 Å². The maximum absolute atomic E-state index is 11.7. The van der Waals surface area contributed by atoms with Crippen LogP contribution in [0, 0.1) is 0 Å². The van der Waals surface area contributed by atoms with Crippen molar-refractivity contribution < 1.29 is 4.79 Å². The standard InChI is InChI=1S/C10H14N4OS2.2ClH/c1-14(2)10-13-9-7(17-10)5-6(16-9)8(15)12-4-3-11;;/h5H,3-4,11H2,1-2H3,(H,12,15);2*1H. The summed E-state index contributed by atoms with van der Waals surface area (Å²) in [5.74, 6) is -0.0722. The summed E-state index contributed by atoms with van der Waals surface area (Å²) in [5, 5.41) is 3.71. The van der Waals surface area contributed by atoms with Crippen molar-refractivity contribution in [1.29, 1.82) is 0 Å². The number of fused-ring (bicyclic) bond motifs is 1. The molecule has 108 valence electrons. The van der Waals surface area contributed by atoms with E-state index >= 15 is 0 Å². The van der Waals surface area contributed by atoms with Crippen molar-refractivity contribution in [3.8, 4) is 0 Å². The molecule has 0 aliphatic carbocycles. The van der Waals surface area contributed by atoms with Crippen LogP contribution in [0.2, 0.25) is 0 Å². The molecule has 2 rings (SSSR count). The van der Waals surface area contributed by atoms with Gasteiger partial charge in [0.05, 0.1) is 9.58 Å². The van der Waals surface area contributed by atoms with E-state index in [0.717, 1.165) is 14.7 Å². The monoisotopic (exact) mass is 342 g/mol. The lowest BCUT2D eigenvalue weighted by molar-refractivity contribution is 0.0959. The quantitative estimate of drug-likeness (QED) is 0.890. The number of nitrogens with zero attached hydrogens (tertiary/aromatic N) is 2. The predicted octanol–water partition coefficient (Wildman–Crippen LogP) is 1.96. The summed E-state index contributed by atoms with van der Waals surface area (Å²) >= 11 is 3.00. The third-order valence-corrected chi connectivity index (χ3v) is 4.44. The molecular weight excluding hydrogens is 327 g/mol. The van der Waals surface area contributed by atoms with Crippen molar-refractivity contribution in [3.05, 3.63) is 10.9 Å². The molecule has 0 spiro atoms. The van der Waals surface area contributed by atoms with Crippen LogP contribution < -0.4 is 16.0 Å². The van der Waals surface area contributed by atoms with Gasteiger partial charge in [-0.05, 0) is 6.07 Å². The zero-order valence-corrected chi connectivity index (χ0v) is 13.8. The molecule has 0 unspecified atom stereocenters. The van der Waals surface area contributed by atoms with Crippen molar-refractivity contribution in [3.63, 3.8) is 0 Å². The molecule has 0 fully saturated rings. The molecule has 2 aromatic heterocycles. The average Bonchev–Trinajstić information content (AvgIpc) is 2.82. The van der Waals surface area contributed by atoms with Crippen LogP contribution in [-0.2, 0) is 0 Å². The SMILES string of the molecule is CN(C)c1nc2sc(C(=O)NCCN)cc2s1.Cl.Cl. The second-order valence-corrected chi connectivity index (χ2v) is 5.76. The molecule has 0 aliphatic rings. The van der Waals surface area contributed by atoms with E-state index in [2.05, 4.69) is 10.3 Å². The minimum Gasteiger partial charge on any atom is -0.354 e. The third-order valence-electron chi connectivity index (χ3n) is 2.11. The van der Waals surface area contributed by atoms with Gasteiger partial charge in [-0.3, -0.25) is 4.79 Å². The second kappa shape index (κ2) is 7.86. The minimum absolute atomic E-state index is 0. The lowest BCUT2D eigenvalue weighted by Crippen LogP contribution is -2.28. The van der Waals surface area contributed by atoms with Gasteiger partial charge in [-0.15, -0.1) is 36.2 Å². The Morgan fingerprint density at radius 3 is 2.63 bits per heavy atom. The number of amides is 1. The van der Waals surface area contributed by atoms with Crippen molar-refractivity contribution in [2.45, 2.75) is 0 Å². The van der Waals surface area contributed by atoms with Gasteiger partial charge < -0.3 is 16.0 Å². The number of aromatic nitrogens is 1. The van der Waals surface area contributed by atoms with E-state index in [1.54, 1.807) is 11.3 Å².